The van der Waals surface area contributed by atoms with Gasteiger partial charge in [0, 0.05) is 6.42 Å². The fourth-order valence-corrected chi connectivity index (χ4v) is 9.84. The number of nitrogens with one attached hydrogen (secondary N) is 1. The Bertz CT molecular complexity index is 1550. The quantitative estimate of drug-likeness (QED) is 0.0261. The smallest absolute Gasteiger partial charge is 0.220 e. The molecule has 6 N–H and O–H groups in total. The van der Waals surface area contributed by atoms with Crippen molar-refractivity contribution in [3.8, 4) is 0 Å². The molecule has 78 heavy (non-hydrogen) atoms. The second kappa shape index (κ2) is 57.3. The molecular weight excluding hydrogens is 971 g/mol. The summed E-state index contributed by atoms with van der Waals surface area (Å²) >= 11 is 0. The van der Waals surface area contributed by atoms with E-state index in [1.807, 2.05) is 6.08 Å². The van der Waals surface area contributed by atoms with Crippen molar-refractivity contribution in [3.63, 3.8) is 0 Å². The number of carbonyl (C=O) groups excluding carboxylic acids is 1. The standard InChI is InChI=1S/C69H121NO8/c1-3-5-7-9-11-13-15-17-19-20-21-22-23-24-25-26-27-28-29-30-31-32-33-34-35-36-37-38-39-40-41-42-43-44-45-47-49-51-53-55-57-59-65(73)70-62(61-77-69-68(76)67(75)66(74)64(60-71)78-69)63(72)58-56-54-52-50-48-46-18-16-14-12-10-8-6-4-2/h5,7,11,13,17,19,21-22,24-25,27-28,30-31,56,58,62-64,66-69,71-72,74-76H,3-4,6,8-10,12,14-16,18,20,23,26,29,32-55,57,59-61H2,1-2H3,(H,70,73)/b7-5-,13-11-,19-17-,22-21-,25-24-,28-27-,31-30-,58-56+. The first-order valence-electron chi connectivity index (χ1n) is 32.5. The third-order valence-corrected chi connectivity index (χ3v) is 14.9. The molecule has 0 aromatic heterocycles. The minimum atomic E-state index is -1.57. The van der Waals surface area contributed by atoms with E-state index in [9.17, 15) is 30.3 Å². The summed E-state index contributed by atoms with van der Waals surface area (Å²) in [5.74, 6) is -0.176. The predicted molar refractivity (Wildman–Crippen MR) is 331 cm³/mol. The van der Waals surface area contributed by atoms with Crippen LogP contribution in [0.2, 0.25) is 0 Å². The van der Waals surface area contributed by atoms with Crippen LogP contribution < -0.4 is 5.32 Å². The number of rotatable bonds is 55. The molecule has 0 aromatic carbocycles. The average Bonchev–Trinajstić information content (AvgIpc) is 3.46. The largest absolute Gasteiger partial charge is 0.394 e. The van der Waals surface area contributed by atoms with Crippen LogP contribution in [0.1, 0.15) is 277 Å². The highest BCUT2D eigenvalue weighted by Crippen LogP contribution is 2.23. The molecule has 7 unspecified atom stereocenters. The minimum absolute atomic E-state index is 0.176. The number of aliphatic hydroxyl groups excluding tert-OH is 5. The molecular formula is C69H121NO8. The summed E-state index contributed by atoms with van der Waals surface area (Å²) in [7, 11) is 0. The number of ether oxygens (including phenoxy) is 2. The first-order valence-corrected chi connectivity index (χ1v) is 32.5. The number of carbonyl (C=O) groups is 1. The first-order chi connectivity index (χ1) is 38.3. The van der Waals surface area contributed by atoms with E-state index >= 15 is 0 Å². The zero-order valence-corrected chi connectivity index (χ0v) is 50.1. The molecule has 0 spiro atoms. The Kier molecular flexibility index (Phi) is 53.8. The highest BCUT2D eigenvalue weighted by molar-refractivity contribution is 5.76. The third-order valence-electron chi connectivity index (χ3n) is 14.9. The summed E-state index contributed by atoms with van der Waals surface area (Å²) in [5, 5.41) is 54.5. The van der Waals surface area contributed by atoms with E-state index in [-0.39, 0.29) is 12.5 Å². The van der Waals surface area contributed by atoms with Gasteiger partial charge in [0.1, 0.15) is 24.4 Å². The van der Waals surface area contributed by atoms with E-state index in [1.54, 1.807) is 6.08 Å². The van der Waals surface area contributed by atoms with Gasteiger partial charge < -0.3 is 40.3 Å². The second-order valence-corrected chi connectivity index (χ2v) is 22.2. The number of amides is 1. The van der Waals surface area contributed by atoms with Crippen LogP contribution >= 0.6 is 0 Å². The molecule has 1 saturated heterocycles. The van der Waals surface area contributed by atoms with Gasteiger partial charge in [0.25, 0.3) is 0 Å². The third kappa shape index (κ3) is 45.8. The monoisotopic (exact) mass is 1090 g/mol. The van der Waals surface area contributed by atoms with Crippen molar-refractivity contribution in [1.82, 2.24) is 5.32 Å². The molecule has 9 heteroatoms. The predicted octanol–water partition coefficient (Wildman–Crippen LogP) is 17.1. The molecule has 1 rings (SSSR count). The van der Waals surface area contributed by atoms with Crippen molar-refractivity contribution in [3.05, 3.63) is 97.2 Å². The topological polar surface area (TPSA) is 149 Å². The maximum absolute atomic E-state index is 13.1. The fourth-order valence-electron chi connectivity index (χ4n) is 9.84. The zero-order valence-electron chi connectivity index (χ0n) is 50.1. The van der Waals surface area contributed by atoms with Gasteiger partial charge >= 0.3 is 0 Å². The molecule has 9 nitrogen and oxygen atoms in total. The van der Waals surface area contributed by atoms with Gasteiger partial charge in [-0.2, -0.15) is 0 Å². The number of aliphatic hydroxyl groups is 5. The van der Waals surface area contributed by atoms with E-state index in [2.05, 4.69) is 104 Å². The molecule has 1 heterocycles. The van der Waals surface area contributed by atoms with Crippen LogP contribution in [0.5, 0.6) is 0 Å². The van der Waals surface area contributed by atoms with Gasteiger partial charge in [-0.1, -0.05) is 291 Å². The van der Waals surface area contributed by atoms with Crippen LogP contribution in [0.3, 0.4) is 0 Å². The Morgan fingerprint density at radius 3 is 1.18 bits per heavy atom. The van der Waals surface area contributed by atoms with Gasteiger partial charge in [-0.15, -0.1) is 0 Å². The lowest BCUT2D eigenvalue weighted by molar-refractivity contribution is -0.302. The van der Waals surface area contributed by atoms with Crippen LogP contribution in [0.25, 0.3) is 0 Å². The Balaban J connectivity index is 2.06. The molecule has 1 amide bonds. The second-order valence-electron chi connectivity index (χ2n) is 22.2. The van der Waals surface area contributed by atoms with Crippen molar-refractivity contribution in [2.75, 3.05) is 13.2 Å². The van der Waals surface area contributed by atoms with Gasteiger partial charge in [0.05, 0.1) is 25.4 Å². The zero-order chi connectivity index (χ0) is 56.5. The maximum Gasteiger partial charge on any atom is 0.220 e. The minimum Gasteiger partial charge on any atom is -0.394 e. The molecule has 0 radical (unpaired) electrons. The van der Waals surface area contributed by atoms with E-state index in [0.29, 0.717) is 6.42 Å². The molecule has 1 aliphatic rings. The van der Waals surface area contributed by atoms with E-state index in [4.69, 9.17) is 9.47 Å². The highest BCUT2D eigenvalue weighted by atomic mass is 16.7. The molecule has 1 fully saturated rings. The van der Waals surface area contributed by atoms with E-state index in [0.717, 1.165) is 83.5 Å². The molecule has 0 aromatic rings. The maximum atomic E-state index is 13.1. The summed E-state index contributed by atoms with van der Waals surface area (Å²) < 4.78 is 11.3. The molecule has 0 aliphatic carbocycles. The summed E-state index contributed by atoms with van der Waals surface area (Å²) in [6.45, 7) is 3.67. The van der Waals surface area contributed by atoms with Crippen LogP contribution in [0.15, 0.2) is 97.2 Å². The van der Waals surface area contributed by atoms with Crippen molar-refractivity contribution < 1.29 is 39.8 Å². The number of allylic oxidation sites excluding steroid dienone is 15. The lowest BCUT2D eigenvalue weighted by Crippen LogP contribution is -2.60. The molecule has 450 valence electrons. The van der Waals surface area contributed by atoms with Crippen molar-refractivity contribution in [1.29, 1.82) is 0 Å². The van der Waals surface area contributed by atoms with Crippen molar-refractivity contribution >= 4 is 5.91 Å². The summed E-state index contributed by atoms with van der Waals surface area (Å²) in [6.07, 6.45) is 76.5. The number of hydrogen-bond acceptors (Lipinski definition) is 8. The SMILES string of the molecule is CC/C=C\C/C=C\C/C=C\C/C=C\C/C=C\C/C=C\C/C=C\CCCCCCCCCCCCCCCCCCCCCC(=O)NC(COC1OC(CO)C(O)C(O)C1O)C(O)/C=C/CCCCCCCCCCCCCC. The lowest BCUT2D eigenvalue weighted by Gasteiger charge is -2.40. The highest BCUT2D eigenvalue weighted by Gasteiger charge is 2.44. The van der Waals surface area contributed by atoms with Crippen LogP contribution in [0.4, 0.5) is 0 Å². The number of hydrogen-bond donors (Lipinski definition) is 6. The Labute approximate surface area is 479 Å². The number of unbranched alkanes of at least 4 members (excludes halogenated alkanes) is 31. The van der Waals surface area contributed by atoms with Crippen molar-refractivity contribution in [2.45, 2.75) is 320 Å². The van der Waals surface area contributed by atoms with Gasteiger partial charge in [-0.3, -0.25) is 4.79 Å². The molecule has 0 saturated carbocycles. The van der Waals surface area contributed by atoms with Gasteiger partial charge in [-0.05, 0) is 77.0 Å². The van der Waals surface area contributed by atoms with Crippen molar-refractivity contribution in [2.24, 2.45) is 0 Å². The van der Waals surface area contributed by atoms with Crippen LogP contribution in [-0.2, 0) is 14.3 Å². The molecule has 7 atom stereocenters. The van der Waals surface area contributed by atoms with E-state index in [1.165, 1.54) is 173 Å². The van der Waals surface area contributed by atoms with Gasteiger partial charge in [0.15, 0.2) is 6.29 Å². The summed E-state index contributed by atoms with van der Waals surface area (Å²) in [4.78, 5) is 13.1. The molecule has 1 aliphatic heterocycles. The van der Waals surface area contributed by atoms with Crippen LogP contribution in [-0.4, -0.2) is 87.5 Å². The Morgan fingerprint density at radius 2 is 0.795 bits per heavy atom. The molecule has 0 bridgehead atoms. The average molecular weight is 1090 g/mol. The summed E-state index contributed by atoms with van der Waals surface area (Å²) in [6, 6.07) is -0.807. The summed E-state index contributed by atoms with van der Waals surface area (Å²) in [5.41, 5.74) is 0. The Morgan fingerprint density at radius 1 is 0.449 bits per heavy atom. The fraction of sp³-hybridized carbons (Fsp3) is 0.754. The van der Waals surface area contributed by atoms with E-state index < -0.39 is 49.5 Å². The van der Waals surface area contributed by atoms with Gasteiger partial charge in [-0.25, -0.2) is 0 Å². The normalized spacial score (nSPS) is 19.3. The first kappa shape index (κ1) is 73.1. The van der Waals surface area contributed by atoms with Gasteiger partial charge in [0.2, 0.25) is 5.91 Å². The van der Waals surface area contributed by atoms with Crippen LogP contribution in [0, 0.1) is 0 Å². The Hall–Kier alpha value is -2.89. The lowest BCUT2D eigenvalue weighted by atomic mass is 9.99.